The number of carbonyl (C=O) groups is 1. The number of ether oxygens (including phenoxy) is 1. The molecular formula is C17H23N5O3. The molecule has 1 unspecified atom stereocenters. The van der Waals surface area contributed by atoms with Crippen LogP contribution in [0.1, 0.15) is 11.6 Å². The second-order valence-electron chi connectivity index (χ2n) is 6.05. The van der Waals surface area contributed by atoms with Gasteiger partial charge in [-0.2, -0.15) is 5.10 Å². The number of aliphatic carboxylic acids is 1. The fourth-order valence-corrected chi connectivity index (χ4v) is 3.16. The molecule has 8 heteroatoms. The van der Waals surface area contributed by atoms with Crippen LogP contribution in [0.3, 0.4) is 0 Å². The molecule has 0 bridgehead atoms. The van der Waals surface area contributed by atoms with Gasteiger partial charge >= 0.3 is 5.97 Å². The zero-order valence-corrected chi connectivity index (χ0v) is 14.3. The van der Waals surface area contributed by atoms with Crippen molar-refractivity contribution in [1.82, 2.24) is 24.6 Å². The lowest BCUT2D eigenvalue weighted by atomic mass is 10.0. The summed E-state index contributed by atoms with van der Waals surface area (Å²) in [5.41, 5.74) is 0.753. The smallest absolute Gasteiger partial charge is 0.325 e. The molecule has 0 aliphatic carbocycles. The van der Waals surface area contributed by atoms with Gasteiger partial charge in [-0.1, -0.05) is 12.1 Å². The zero-order chi connectivity index (χ0) is 17.6. The van der Waals surface area contributed by atoms with Gasteiger partial charge in [-0.25, -0.2) is 4.98 Å². The van der Waals surface area contributed by atoms with E-state index in [0.29, 0.717) is 18.8 Å². The number of piperazine rings is 1. The molecule has 0 saturated carbocycles. The topological polar surface area (TPSA) is 83.7 Å². The second-order valence-corrected chi connectivity index (χ2v) is 6.05. The summed E-state index contributed by atoms with van der Waals surface area (Å²) >= 11 is 0. The molecule has 1 aromatic heterocycles. The van der Waals surface area contributed by atoms with Crippen molar-refractivity contribution in [2.75, 3.05) is 39.8 Å². The standard InChI is InChI=1S/C17H23N5O3/c1-25-15-4-2-3-14(11-15)16(17(23)24)21-8-5-20(6-9-21)7-10-22-13-18-12-19-22/h2-4,11-13,16H,5-10H2,1H3,(H,23,24). The minimum atomic E-state index is -0.829. The van der Waals surface area contributed by atoms with Gasteiger partial charge in [-0.15, -0.1) is 0 Å². The Morgan fingerprint density at radius 1 is 1.28 bits per heavy atom. The SMILES string of the molecule is COc1cccc(C(C(=O)O)N2CCN(CCn3cncn3)CC2)c1. The molecule has 1 N–H and O–H groups in total. The van der Waals surface area contributed by atoms with Crippen LogP contribution < -0.4 is 4.74 Å². The maximum Gasteiger partial charge on any atom is 0.325 e. The summed E-state index contributed by atoms with van der Waals surface area (Å²) in [6.45, 7) is 4.77. The number of nitrogens with zero attached hydrogens (tertiary/aromatic N) is 5. The van der Waals surface area contributed by atoms with Crippen molar-refractivity contribution >= 4 is 5.97 Å². The molecule has 8 nitrogen and oxygen atoms in total. The third-order valence-corrected chi connectivity index (χ3v) is 4.53. The van der Waals surface area contributed by atoms with Crippen LogP contribution in [0.25, 0.3) is 0 Å². The van der Waals surface area contributed by atoms with Crippen molar-refractivity contribution < 1.29 is 14.6 Å². The fraction of sp³-hybridized carbons (Fsp3) is 0.471. The summed E-state index contributed by atoms with van der Waals surface area (Å²) in [4.78, 5) is 20.1. The van der Waals surface area contributed by atoms with Crippen molar-refractivity contribution in [1.29, 1.82) is 0 Å². The monoisotopic (exact) mass is 345 g/mol. The third kappa shape index (κ3) is 4.34. The van der Waals surface area contributed by atoms with Gasteiger partial charge in [-0.05, 0) is 17.7 Å². The third-order valence-electron chi connectivity index (χ3n) is 4.53. The molecule has 0 radical (unpaired) electrons. The Morgan fingerprint density at radius 3 is 2.72 bits per heavy atom. The van der Waals surface area contributed by atoms with Crippen LogP contribution in [0.15, 0.2) is 36.9 Å². The fourth-order valence-electron chi connectivity index (χ4n) is 3.16. The second kappa shape index (κ2) is 8.09. The van der Waals surface area contributed by atoms with E-state index < -0.39 is 12.0 Å². The van der Waals surface area contributed by atoms with Gasteiger partial charge in [0.25, 0.3) is 0 Å². The first kappa shape index (κ1) is 17.4. The summed E-state index contributed by atoms with van der Waals surface area (Å²) in [6.07, 6.45) is 3.24. The number of aromatic nitrogens is 3. The summed E-state index contributed by atoms with van der Waals surface area (Å²) < 4.78 is 7.03. The van der Waals surface area contributed by atoms with E-state index in [4.69, 9.17) is 4.74 Å². The first-order chi connectivity index (χ1) is 12.2. The average Bonchev–Trinajstić information content (AvgIpc) is 3.15. The molecule has 1 atom stereocenters. The van der Waals surface area contributed by atoms with E-state index in [1.807, 2.05) is 27.8 Å². The van der Waals surface area contributed by atoms with E-state index in [2.05, 4.69) is 15.0 Å². The Bertz CT molecular complexity index is 683. The highest BCUT2D eigenvalue weighted by Gasteiger charge is 2.30. The first-order valence-electron chi connectivity index (χ1n) is 8.33. The summed E-state index contributed by atoms with van der Waals surface area (Å²) in [6, 6.07) is 6.66. The lowest BCUT2D eigenvalue weighted by molar-refractivity contribution is -0.144. The van der Waals surface area contributed by atoms with Crippen molar-refractivity contribution in [3.63, 3.8) is 0 Å². The Morgan fingerprint density at radius 2 is 2.08 bits per heavy atom. The van der Waals surface area contributed by atoms with Crippen molar-refractivity contribution in [3.05, 3.63) is 42.5 Å². The lowest BCUT2D eigenvalue weighted by Gasteiger charge is -2.37. The molecule has 0 spiro atoms. The zero-order valence-electron chi connectivity index (χ0n) is 14.3. The number of carboxylic acid groups (broad SMARTS) is 1. The van der Waals surface area contributed by atoms with Crippen LogP contribution in [0.4, 0.5) is 0 Å². The lowest BCUT2D eigenvalue weighted by Crippen LogP contribution is -2.49. The van der Waals surface area contributed by atoms with E-state index in [0.717, 1.165) is 31.7 Å². The number of methoxy groups -OCH3 is 1. The number of benzene rings is 1. The van der Waals surface area contributed by atoms with Gasteiger partial charge in [0.1, 0.15) is 24.4 Å². The van der Waals surface area contributed by atoms with Gasteiger partial charge in [0, 0.05) is 32.7 Å². The summed E-state index contributed by atoms with van der Waals surface area (Å²) in [5.74, 6) is -0.153. The van der Waals surface area contributed by atoms with Crippen LogP contribution in [-0.4, -0.2) is 75.5 Å². The number of carboxylic acids is 1. The van der Waals surface area contributed by atoms with Crippen LogP contribution in [-0.2, 0) is 11.3 Å². The molecule has 1 fully saturated rings. The Labute approximate surface area is 146 Å². The normalized spacial score (nSPS) is 17.3. The van der Waals surface area contributed by atoms with Crippen LogP contribution in [0.2, 0.25) is 0 Å². The first-order valence-corrected chi connectivity index (χ1v) is 8.33. The van der Waals surface area contributed by atoms with E-state index >= 15 is 0 Å². The van der Waals surface area contributed by atoms with E-state index in [1.54, 1.807) is 19.5 Å². The number of rotatable bonds is 7. The molecule has 134 valence electrons. The Hall–Kier alpha value is -2.45. The highest BCUT2D eigenvalue weighted by molar-refractivity contribution is 5.75. The number of hydrogen-bond donors (Lipinski definition) is 1. The predicted octanol–water partition coefficient (Wildman–Crippen LogP) is 0.730. The van der Waals surface area contributed by atoms with Crippen LogP contribution in [0.5, 0.6) is 5.75 Å². The summed E-state index contributed by atoms with van der Waals surface area (Å²) in [5, 5.41) is 13.8. The van der Waals surface area contributed by atoms with Crippen LogP contribution in [0, 0.1) is 0 Å². The van der Waals surface area contributed by atoms with Crippen molar-refractivity contribution in [2.45, 2.75) is 12.6 Å². The minimum absolute atomic E-state index is 0.646. The number of hydrogen-bond acceptors (Lipinski definition) is 6. The van der Waals surface area contributed by atoms with E-state index in [-0.39, 0.29) is 0 Å². The highest BCUT2D eigenvalue weighted by atomic mass is 16.5. The maximum absolute atomic E-state index is 11.8. The molecule has 3 rings (SSSR count). The Kier molecular flexibility index (Phi) is 5.62. The molecule has 1 aromatic carbocycles. The largest absolute Gasteiger partial charge is 0.497 e. The van der Waals surface area contributed by atoms with E-state index in [1.165, 1.54) is 6.33 Å². The van der Waals surface area contributed by atoms with Crippen molar-refractivity contribution in [2.24, 2.45) is 0 Å². The van der Waals surface area contributed by atoms with Crippen LogP contribution >= 0.6 is 0 Å². The Balaban J connectivity index is 1.59. The van der Waals surface area contributed by atoms with E-state index in [9.17, 15) is 9.90 Å². The minimum Gasteiger partial charge on any atom is -0.497 e. The molecule has 2 heterocycles. The molecule has 2 aromatic rings. The summed E-state index contributed by atoms with van der Waals surface area (Å²) in [7, 11) is 1.59. The molecule has 25 heavy (non-hydrogen) atoms. The maximum atomic E-state index is 11.8. The average molecular weight is 345 g/mol. The van der Waals surface area contributed by atoms with Gasteiger partial charge in [0.05, 0.1) is 13.7 Å². The van der Waals surface area contributed by atoms with Gasteiger partial charge in [-0.3, -0.25) is 19.3 Å². The highest BCUT2D eigenvalue weighted by Crippen LogP contribution is 2.25. The van der Waals surface area contributed by atoms with Gasteiger partial charge in [0.2, 0.25) is 0 Å². The van der Waals surface area contributed by atoms with Crippen molar-refractivity contribution in [3.8, 4) is 5.75 Å². The van der Waals surface area contributed by atoms with Gasteiger partial charge < -0.3 is 9.84 Å². The molecule has 0 amide bonds. The molecule has 1 aliphatic rings. The van der Waals surface area contributed by atoms with Gasteiger partial charge in [0.15, 0.2) is 0 Å². The quantitative estimate of drug-likeness (QED) is 0.792. The predicted molar refractivity (Wildman–Crippen MR) is 91.4 cm³/mol. The molecule has 1 aliphatic heterocycles. The molecular weight excluding hydrogens is 322 g/mol. The molecule has 1 saturated heterocycles.